The topological polar surface area (TPSA) is 52.6 Å². The first-order valence-corrected chi connectivity index (χ1v) is 9.16. The molecule has 1 aliphatic heterocycles. The largest absolute Gasteiger partial charge is 0.454 e. The highest BCUT2D eigenvalue weighted by Gasteiger charge is 2.28. The number of benzene rings is 2. The first-order chi connectivity index (χ1) is 12.7. The molecule has 4 nitrogen and oxygen atoms in total. The number of rotatable bonds is 6. The molecule has 0 radical (unpaired) electrons. The molecular formula is C21H16O4S. The van der Waals surface area contributed by atoms with Gasteiger partial charge in [0.15, 0.2) is 23.1 Å². The molecule has 4 rings (SSSR count). The molecule has 26 heavy (non-hydrogen) atoms. The predicted octanol–water partition coefficient (Wildman–Crippen LogP) is 4.72. The van der Waals surface area contributed by atoms with Crippen molar-refractivity contribution in [3.05, 3.63) is 82.0 Å². The number of Topliss-reactive ketones (excluding diaryl/α,β-unsaturated/α-hetero) is 2. The minimum Gasteiger partial charge on any atom is -0.454 e. The van der Waals surface area contributed by atoms with Crippen LogP contribution < -0.4 is 9.47 Å². The van der Waals surface area contributed by atoms with Gasteiger partial charge in [0.05, 0.1) is 10.8 Å². The van der Waals surface area contributed by atoms with Gasteiger partial charge < -0.3 is 9.47 Å². The van der Waals surface area contributed by atoms with E-state index in [0.717, 1.165) is 5.56 Å². The molecule has 2 heterocycles. The van der Waals surface area contributed by atoms with Crippen molar-refractivity contribution in [2.24, 2.45) is 0 Å². The highest BCUT2D eigenvalue weighted by atomic mass is 32.1. The van der Waals surface area contributed by atoms with Crippen LogP contribution in [0.5, 0.6) is 11.5 Å². The lowest BCUT2D eigenvalue weighted by molar-refractivity contribution is 0.0895. The van der Waals surface area contributed by atoms with E-state index in [4.69, 9.17) is 9.47 Å². The highest BCUT2D eigenvalue weighted by Crippen LogP contribution is 2.37. The van der Waals surface area contributed by atoms with Gasteiger partial charge in [0.1, 0.15) is 0 Å². The van der Waals surface area contributed by atoms with Crippen LogP contribution in [0.25, 0.3) is 0 Å². The fourth-order valence-electron chi connectivity index (χ4n) is 3.01. The Bertz CT molecular complexity index is 932. The maximum absolute atomic E-state index is 13.1. The van der Waals surface area contributed by atoms with E-state index in [1.165, 1.54) is 11.3 Å². The Kier molecular flexibility index (Phi) is 4.54. The van der Waals surface area contributed by atoms with Crippen LogP contribution in [-0.4, -0.2) is 18.4 Å². The van der Waals surface area contributed by atoms with Crippen LogP contribution >= 0.6 is 11.3 Å². The molecule has 1 aromatic heterocycles. The van der Waals surface area contributed by atoms with Crippen LogP contribution in [0.1, 0.15) is 37.9 Å². The van der Waals surface area contributed by atoms with Crippen molar-refractivity contribution < 1.29 is 19.1 Å². The standard InChI is InChI=1S/C21H16O4S/c22-17(14-5-2-1-3-6-14)12-16(21(23)20-7-4-10-26-20)15-8-9-18-19(11-15)25-13-24-18/h1-11,16H,12-13H2. The van der Waals surface area contributed by atoms with Crippen molar-refractivity contribution in [2.75, 3.05) is 6.79 Å². The minimum atomic E-state index is -0.559. The second-order valence-electron chi connectivity index (χ2n) is 6.00. The number of hydrogen-bond donors (Lipinski definition) is 0. The number of carbonyl (C=O) groups is 2. The lowest BCUT2D eigenvalue weighted by atomic mass is 9.87. The third-order valence-corrected chi connectivity index (χ3v) is 5.25. The van der Waals surface area contributed by atoms with Gasteiger partial charge in [-0.3, -0.25) is 9.59 Å². The molecule has 0 amide bonds. The predicted molar refractivity (Wildman–Crippen MR) is 99.3 cm³/mol. The van der Waals surface area contributed by atoms with Crippen LogP contribution in [0.15, 0.2) is 66.0 Å². The number of ether oxygens (including phenoxy) is 2. The monoisotopic (exact) mass is 364 g/mol. The Hall–Kier alpha value is -2.92. The van der Waals surface area contributed by atoms with E-state index in [-0.39, 0.29) is 24.8 Å². The van der Waals surface area contributed by atoms with Gasteiger partial charge in [0.25, 0.3) is 0 Å². The van der Waals surface area contributed by atoms with E-state index in [2.05, 4.69) is 0 Å². The summed E-state index contributed by atoms with van der Waals surface area (Å²) in [5, 5.41) is 1.86. The van der Waals surface area contributed by atoms with Crippen LogP contribution in [0.2, 0.25) is 0 Å². The summed E-state index contributed by atoms with van der Waals surface area (Å²) in [6.07, 6.45) is 0.111. The summed E-state index contributed by atoms with van der Waals surface area (Å²) in [5.74, 6) is 0.598. The molecule has 2 aromatic carbocycles. The molecule has 1 unspecified atom stereocenters. The summed E-state index contributed by atoms with van der Waals surface area (Å²) >= 11 is 1.39. The lowest BCUT2D eigenvalue weighted by Gasteiger charge is -2.15. The molecule has 5 heteroatoms. The highest BCUT2D eigenvalue weighted by molar-refractivity contribution is 7.12. The second kappa shape index (κ2) is 7.14. The maximum Gasteiger partial charge on any atom is 0.231 e. The molecule has 0 aliphatic carbocycles. The Labute approximate surface area is 155 Å². The van der Waals surface area contributed by atoms with Gasteiger partial charge in [-0.2, -0.15) is 0 Å². The van der Waals surface area contributed by atoms with Gasteiger partial charge >= 0.3 is 0 Å². The van der Waals surface area contributed by atoms with Crippen molar-refractivity contribution in [1.29, 1.82) is 0 Å². The molecule has 3 aromatic rings. The molecule has 0 N–H and O–H groups in total. The SMILES string of the molecule is O=C(CC(C(=O)c1cccs1)c1ccc2c(c1)OCO2)c1ccccc1. The Morgan fingerprint density at radius 2 is 1.77 bits per heavy atom. The fourth-order valence-corrected chi connectivity index (χ4v) is 3.73. The molecular weight excluding hydrogens is 348 g/mol. The zero-order valence-electron chi connectivity index (χ0n) is 13.9. The third kappa shape index (κ3) is 3.26. The summed E-state index contributed by atoms with van der Waals surface area (Å²) in [7, 11) is 0. The van der Waals surface area contributed by atoms with E-state index in [1.807, 2.05) is 35.7 Å². The Morgan fingerprint density at radius 3 is 2.54 bits per heavy atom. The van der Waals surface area contributed by atoms with E-state index in [1.54, 1.807) is 30.3 Å². The summed E-state index contributed by atoms with van der Waals surface area (Å²) in [6.45, 7) is 0.172. The Balaban J connectivity index is 1.68. The van der Waals surface area contributed by atoms with E-state index >= 15 is 0 Å². The lowest BCUT2D eigenvalue weighted by Crippen LogP contribution is -2.16. The molecule has 0 fully saturated rings. The van der Waals surface area contributed by atoms with Gasteiger partial charge in [-0.1, -0.05) is 42.5 Å². The maximum atomic E-state index is 13.1. The average Bonchev–Trinajstić information content (AvgIpc) is 3.37. The van der Waals surface area contributed by atoms with Crippen molar-refractivity contribution in [3.8, 4) is 11.5 Å². The zero-order chi connectivity index (χ0) is 17.9. The van der Waals surface area contributed by atoms with E-state index in [9.17, 15) is 9.59 Å². The summed E-state index contributed by atoms with van der Waals surface area (Å²) in [6, 6.07) is 18.1. The van der Waals surface area contributed by atoms with Crippen LogP contribution in [0.3, 0.4) is 0 Å². The minimum absolute atomic E-state index is 0.0526. The second-order valence-corrected chi connectivity index (χ2v) is 6.95. The first kappa shape index (κ1) is 16.5. The van der Waals surface area contributed by atoms with Crippen molar-refractivity contribution in [3.63, 3.8) is 0 Å². The quantitative estimate of drug-likeness (QED) is 0.594. The van der Waals surface area contributed by atoms with Gasteiger partial charge in [0, 0.05) is 12.0 Å². The molecule has 0 spiro atoms. The van der Waals surface area contributed by atoms with Crippen LogP contribution in [0, 0.1) is 0 Å². The molecule has 1 atom stereocenters. The number of fused-ring (bicyclic) bond motifs is 1. The van der Waals surface area contributed by atoms with E-state index < -0.39 is 5.92 Å². The van der Waals surface area contributed by atoms with Crippen molar-refractivity contribution in [2.45, 2.75) is 12.3 Å². The van der Waals surface area contributed by atoms with Crippen LogP contribution in [-0.2, 0) is 0 Å². The molecule has 130 valence electrons. The molecule has 1 aliphatic rings. The van der Waals surface area contributed by atoms with E-state index in [0.29, 0.717) is 21.9 Å². The van der Waals surface area contributed by atoms with Gasteiger partial charge in [-0.15, -0.1) is 11.3 Å². The normalized spacial score (nSPS) is 13.4. The van der Waals surface area contributed by atoms with Gasteiger partial charge in [-0.05, 0) is 29.1 Å². The summed E-state index contributed by atoms with van der Waals surface area (Å²) in [4.78, 5) is 26.4. The summed E-state index contributed by atoms with van der Waals surface area (Å²) < 4.78 is 10.8. The zero-order valence-corrected chi connectivity index (χ0v) is 14.7. The number of carbonyl (C=O) groups excluding carboxylic acids is 2. The summed E-state index contributed by atoms with van der Waals surface area (Å²) in [5.41, 5.74) is 1.37. The van der Waals surface area contributed by atoms with Gasteiger partial charge in [-0.25, -0.2) is 0 Å². The first-order valence-electron chi connectivity index (χ1n) is 8.28. The van der Waals surface area contributed by atoms with Crippen LogP contribution in [0.4, 0.5) is 0 Å². The molecule has 0 saturated heterocycles. The number of hydrogen-bond acceptors (Lipinski definition) is 5. The molecule has 0 saturated carbocycles. The van der Waals surface area contributed by atoms with Crippen molar-refractivity contribution >= 4 is 22.9 Å². The number of thiophene rings is 1. The number of ketones is 2. The molecule has 0 bridgehead atoms. The fraction of sp³-hybridized carbons (Fsp3) is 0.143. The third-order valence-electron chi connectivity index (χ3n) is 4.36. The average molecular weight is 364 g/mol. The smallest absolute Gasteiger partial charge is 0.231 e. The van der Waals surface area contributed by atoms with Gasteiger partial charge in [0.2, 0.25) is 6.79 Å². The Morgan fingerprint density at radius 1 is 0.962 bits per heavy atom. The van der Waals surface area contributed by atoms with Crippen molar-refractivity contribution in [1.82, 2.24) is 0 Å².